The molecule has 0 aliphatic carbocycles. The second kappa shape index (κ2) is 3.88. The molecule has 0 saturated heterocycles. The van der Waals surface area contributed by atoms with Gasteiger partial charge in [-0.15, -0.1) is 0 Å². The van der Waals surface area contributed by atoms with Crippen LogP contribution in [0.1, 0.15) is 12.5 Å². The highest BCUT2D eigenvalue weighted by atomic mass is 19.2. The molecular formula is C9H9F3O2. The zero-order valence-electron chi connectivity index (χ0n) is 7.39. The molecule has 1 atom stereocenters. The Kier molecular flexibility index (Phi) is 3.00. The van der Waals surface area contributed by atoms with Crippen LogP contribution in [-0.2, 0) is 6.42 Å². The van der Waals surface area contributed by atoms with Crippen molar-refractivity contribution in [2.24, 2.45) is 0 Å². The largest absolute Gasteiger partial charge is 0.503 e. The van der Waals surface area contributed by atoms with Gasteiger partial charge < -0.3 is 10.2 Å². The summed E-state index contributed by atoms with van der Waals surface area (Å²) in [6, 6.07) is 0.622. The van der Waals surface area contributed by atoms with Crippen molar-refractivity contribution in [3.63, 3.8) is 0 Å². The highest BCUT2D eigenvalue weighted by Gasteiger charge is 2.18. The third-order valence-electron chi connectivity index (χ3n) is 1.72. The van der Waals surface area contributed by atoms with Crippen molar-refractivity contribution < 1.29 is 23.4 Å². The number of halogens is 3. The first-order chi connectivity index (χ1) is 6.43. The summed E-state index contributed by atoms with van der Waals surface area (Å²) >= 11 is 0. The Morgan fingerprint density at radius 1 is 1.29 bits per heavy atom. The minimum absolute atomic E-state index is 0.184. The fourth-order valence-corrected chi connectivity index (χ4v) is 1.11. The lowest BCUT2D eigenvalue weighted by atomic mass is 10.1. The van der Waals surface area contributed by atoms with E-state index in [0.29, 0.717) is 6.07 Å². The maximum absolute atomic E-state index is 13.0. The molecule has 0 aliphatic heterocycles. The van der Waals surface area contributed by atoms with E-state index < -0.39 is 29.3 Å². The normalized spacial score (nSPS) is 12.9. The predicted molar refractivity (Wildman–Crippen MR) is 43.4 cm³/mol. The molecule has 78 valence electrons. The van der Waals surface area contributed by atoms with Crippen LogP contribution in [0.4, 0.5) is 13.2 Å². The third kappa shape index (κ3) is 1.98. The average molecular weight is 206 g/mol. The monoisotopic (exact) mass is 206 g/mol. The van der Waals surface area contributed by atoms with E-state index in [9.17, 15) is 13.2 Å². The molecular weight excluding hydrogens is 197 g/mol. The zero-order valence-corrected chi connectivity index (χ0v) is 7.39. The number of phenols is 1. The first-order valence-corrected chi connectivity index (χ1v) is 3.97. The fraction of sp³-hybridized carbons (Fsp3) is 0.333. The van der Waals surface area contributed by atoms with Crippen molar-refractivity contribution in [3.8, 4) is 5.75 Å². The van der Waals surface area contributed by atoms with E-state index in [0.717, 1.165) is 0 Å². The van der Waals surface area contributed by atoms with Crippen LogP contribution in [0.5, 0.6) is 5.75 Å². The summed E-state index contributed by atoms with van der Waals surface area (Å²) in [6.45, 7) is 1.37. The number of hydrogen-bond donors (Lipinski definition) is 2. The summed E-state index contributed by atoms with van der Waals surface area (Å²) in [4.78, 5) is 0. The van der Waals surface area contributed by atoms with Crippen molar-refractivity contribution in [1.29, 1.82) is 0 Å². The molecule has 0 radical (unpaired) electrons. The van der Waals surface area contributed by atoms with Crippen molar-refractivity contribution in [2.75, 3.05) is 0 Å². The maximum Gasteiger partial charge on any atom is 0.203 e. The molecule has 1 aromatic carbocycles. The lowest BCUT2D eigenvalue weighted by molar-refractivity contribution is 0.193. The summed E-state index contributed by atoms with van der Waals surface area (Å²) in [5, 5.41) is 17.7. The van der Waals surface area contributed by atoms with Gasteiger partial charge in [0.2, 0.25) is 5.82 Å². The number of phenolic OH excluding ortho intramolecular Hbond substituents is 1. The molecule has 2 nitrogen and oxygen atoms in total. The first-order valence-electron chi connectivity index (χ1n) is 3.97. The Balaban J connectivity index is 3.19. The molecule has 2 N–H and O–H groups in total. The van der Waals surface area contributed by atoms with Gasteiger partial charge in [0.25, 0.3) is 0 Å². The Hall–Kier alpha value is -1.23. The molecule has 0 aromatic heterocycles. The zero-order chi connectivity index (χ0) is 10.9. The van der Waals surface area contributed by atoms with Gasteiger partial charge in [0, 0.05) is 6.42 Å². The topological polar surface area (TPSA) is 40.5 Å². The van der Waals surface area contributed by atoms with E-state index in [1.54, 1.807) is 0 Å². The van der Waals surface area contributed by atoms with Crippen LogP contribution in [0, 0.1) is 17.5 Å². The number of aliphatic hydroxyl groups excluding tert-OH is 1. The van der Waals surface area contributed by atoms with Gasteiger partial charge >= 0.3 is 0 Å². The summed E-state index contributed by atoms with van der Waals surface area (Å²) < 4.78 is 38.3. The number of benzene rings is 1. The standard InChI is InChI=1S/C9H9F3O2/c1-4(13)2-5-3-6(10)8(12)9(14)7(5)11/h3-4,13-14H,2H2,1H3. The molecule has 0 fully saturated rings. The molecule has 0 bridgehead atoms. The van der Waals surface area contributed by atoms with E-state index in [1.807, 2.05) is 0 Å². The van der Waals surface area contributed by atoms with Crippen molar-refractivity contribution in [1.82, 2.24) is 0 Å². The molecule has 5 heteroatoms. The van der Waals surface area contributed by atoms with Gasteiger partial charge in [-0.1, -0.05) is 0 Å². The third-order valence-corrected chi connectivity index (χ3v) is 1.72. The molecule has 0 saturated carbocycles. The molecule has 0 aliphatic rings. The van der Waals surface area contributed by atoms with Crippen molar-refractivity contribution in [2.45, 2.75) is 19.4 Å². The second-order valence-electron chi connectivity index (χ2n) is 3.05. The van der Waals surface area contributed by atoms with Gasteiger partial charge in [0.05, 0.1) is 6.10 Å². The van der Waals surface area contributed by atoms with E-state index in [4.69, 9.17) is 10.2 Å². The van der Waals surface area contributed by atoms with Crippen LogP contribution in [-0.4, -0.2) is 16.3 Å². The molecule has 0 spiro atoms. The maximum atomic E-state index is 13.0. The minimum atomic E-state index is -1.61. The van der Waals surface area contributed by atoms with Crippen LogP contribution in [0.15, 0.2) is 6.07 Å². The number of hydrogen-bond acceptors (Lipinski definition) is 2. The quantitative estimate of drug-likeness (QED) is 0.723. The first kappa shape index (κ1) is 10.8. The lowest BCUT2D eigenvalue weighted by Gasteiger charge is -2.08. The molecule has 0 heterocycles. The second-order valence-corrected chi connectivity index (χ2v) is 3.05. The fourth-order valence-electron chi connectivity index (χ4n) is 1.11. The molecule has 1 rings (SSSR count). The van der Waals surface area contributed by atoms with Gasteiger partial charge in [-0.3, -0.25) is 0 Å². The van der Waals surface area contributed by atoms with Gasteiger partial charge in [-0.2, -0.15) is 4.39 Å². The van der Waals surface area contributed by atoms with Gasteiger partial charge in [-0.05, 0) is 18.6 Å². The van der Waals surface area contributed by atoms with Gasteiger partial charge in [0.1, 0.15) is 0 Å². The summed E-state index contributed by atoms with van der Waals surface area (Å²) in [6.07, 6.45) is -1.08. The van der Waals surface area contributed by atoms with Crippen LogP contribution >= 0.6 is 0 Å². The number of aromatic hydroxyl groups is 1. The Labute approximate surface area is 78.6 Å². The van der Waals surface area contributed by atoms with Gasteiger partial charge in [0.15, 0.2) is 17.4 Å². The number of aliphatic hydroxyl groups is 1. The highest BCUT2D eigenvalue weighted by molar-refractivity contribution is 5.32. The molecule has 14 heavy (non-hydrogen) atoms. The highest BCUT2D eigenvalue weighted by Crippen LogP contribution is 2.26. The Morgan fingerprint density at radius 3 is 2.36 bits per heavy atom. The minimum Gasteiger partial charge on any atom is -0.503 e. The van der Waals surface area contributed by atoms with Crippen molar-refractivity contribution >= 4 is 0 Å². The number of rotatable bonds is 2. The Morgan fingerprint density at radius 2 is 1.86 bits per heavy atom. The summed E-state index contributed by atoms with van der Waals surface area (Å²) in [5.74, 6) is -5.53. The Bertz CT molecular complexity index is 350. The van der Waals surface area contributed by atoms with Crippen LogP contribution < -0.4 is 0 Å². The molecule has 0 amide bonds. The van der Waals surface area contributed by atoms with Crippen LogP contribution in [0.3, 0.4) is 0 Å². The molecule has 1 aromatic rings. The lowest BCUT2D eigenvalue weighted by Crippen LogP contribution is -2.07. The van der Waals surface area contributed by atoms with Crippen molar-refractivity contribution in [3.05, 3.63) is 29.1 Å². The van der Waals surface area contributed by atoms with E-state index in [-0.39, 0.29) is 12.0 Å². The smallest absolute Gasteiger partial charge is 0.203 e. The molecule has 1 unspecified atom stereocenters. The van der Waals surface area contributed by atoms with Crippen LogP contribution in [0.25, 0.3) is 0 Å². The van der Waals surface area contributed by atoms with Gasteiger partial charge in [-0.25, -0.2) is 8.78 Å². The SMILES string of the molecule is CC(O)Cc1cc(F)c(F)c(O)c1F. The average Bonchev–Trinajstić information content (AvgIpc) is 2.10. The summed E-state index contributed by atoms with van der Waals surface area (Å²) in [7, 11) is 0. The van der Waals surface area contributed by atoms with E-state index >= 15 is 0 Å². The predicted octanol–water partition coefficient (Wildman–Crippen LogP) is 1.73. The summed E-state index contributed by atoms with van der Waals surface area (Å²) in [5.41, 5.74) is -0.253. The van der Waals surface area contributed by atoms with E-state index in [1.165, 1.54) is 6.92 Å². The van der Waals surface area contributed by atoms with E-state index in [2.05, 4.69) is 0 Å². The van der Waals surface area contributed by atoms with Crippen LogP contribution in [0.2, 0.25) is 0 Å².